The van der Waals surface area contributed by atoms with Gasteiger partial charge in [-0.2, -0.15) is 13.2 Å². The minimum atomic E-state index is -4.29. The molecule has 2 fully saturated rings. The van der Waals surface area contributed by atoms with Crippen LogP contribution < -0.4 is 0 Å². The minimum absolute atomic E-state index is 0.223. The SMILES string of the molecule is CC(C1CCCC1)N1CCC(=S2c3ccccc3Cc3cc(C(F)(F)F)ccc32)CC1. The van der Waals surface area contributed by atoms with E-state index in [1.807, 2.05) is 6.07 Å². The van der Waals surface area contributed by atoms with Crippen molar-refractivity contribution in [2.45, 2.75) is 73.9 Å². The quantitative estimate of drug-likeness (QED) is 0.379. The molecule has 5 heteroatoms. The summed E-state index contributed by atoms with van der Waals surface area (Å²) >= 11 is 0. The molecule has 2 aliphatic heterocycles. The number of hydrogen-bond acceptors (Lipinski definition) is 1. The molecule has 0 bridgehead atoms. The highest BCUT2D eigenvalue weighted by Crippen LogP contribution is 2.48. The number of likely N-dealkylation sites (tertiary alicyclic amines) is 1. The predicted octanol–water partition coefficient (Wildman–Crippen LogP) is 7.14. The van der Waals surface area contributed by atoms with Gasteiger partial charge < -0.3 is 0 Å². The largest absolute Gasteiger partial charge is 0.416 e. The van der Waals surface area contributed by atoms with Crippen LogP contribution >= 0.6 is 10.5 Å². The van der Waals surface area contributed by atoms with Crippen molar-refractivity contribution in [1.82, 2.24) is 4.90 Å². The molecule has 1 saturated carbocycles. The number of piperidine rings is 1. The summed E-state index contributed by atoms with van der Waals surface area (Å²) in [5.41, 5.74) is 1.51. The highest BCUT2D eigenvalue weighted by molar-refractivity contribution is 8.16. The van der Waals surface area contributed by atoms with E-state index in [1.54, 1.807) is 6.07 Å². The number of alkyl halides is 3. The topological polar surface area (TPSA) is 3.24 Å². The van der Waals surface area contributed by atoms with Gasteiger partial charge in [0.15, 0.2) is 0 Å². The number of halogens is 3. The summed E-state index contributed by atoms with van der Waals surface area (Å²) < 4.78 is 40.0. The van der Waals surface area contributed by atoms with Gasteiger partial charge in [-0.05, 0) is 85.2 Å². The second-order valence-electron chi connectivity index (χ2n) is 9.27. The Morgan fingerprint density at radius 3 is 2.32 bits per heavy atom. The summed E-state index contributed by atoms with van der Waals surface area (Å²) in [6.07, 6.45) is 3.87. The first-order chi connectivity index (χ1) is 14.9. The van der Waals surface area contributed by atoms with Gasteiger partial charge in [0, 0.05) is 28.9 Å². The molecule has 0 aromatic heterocycles. The van der Waals surface area contributed by atoms with Gasteiger partial charge >= 0.3 is 6.18 Å². The molecule has 31 heavy (non-hydrogen) atoms. The Morgan fingerprint density at radius 2 is 1.61 bits per heavy atom. The molecular formula is C26H30F3NS. The van der Waals surface area contributed by atoms with Crippen LogP contribution in [0.25, 0.3) is 0 Å². The molecule has 3 aliphatic rings. The van der Waals surface area contributed by atoms with E-state index in [4.69, 9.17) is 0 Å². The van der Waals surface area contributed by atoms with Crippen molar-refractivity contribution in [3.8, 4) is 0 Å². The number of hydrogen-bond donors (Lipinski definition) is 0. The van der Waals surface area contributed by atoms with E-state index in [-0.39, 0.29) is 10.5 Å². The Morgan fingerprint density at radius 1 is 0.935 bits per heavy atom. The molecule has 1 saturated heterocycles. The molecule has 1 aliphatic carbocycles. The maximum Gasteiger partial charge on any atom is 0.416 e. The fraction of sp³-hybridized carbons (Fsp3) is 0.500. The van der Waals surface area contributed by atoms with Crippen molar-refractivity contribution >= 4 is 15.3 Å². The van der Waals surface area contributed by atoms with Gasteiger partial charge in [-0.3, -0.25) is 4.90 Å². The lowest BCUT2D eigenvalue weighted by molar-refractivity contribution is -0.137. The van der Waals surface area contributed by atoms with E-state index in [1.165, 1.54) is 53.1 Å². The van der Waals surface area contributed by atoms with E-state index in [0.29, 0.717) is 12.5 Å². The van der Waals surface area contributed by atoms with Crippen molar-refractivity contribution < 1.29 is 13.2 Å². The fourth-order valence-electron chi connectivity index (χ4n) is 5.70. The van der Waals surface area contributed by atoms with Crippen LogP contribution in [0.5, 0.6) is 0 Å². The summed E-state index contributed by atoms with van der Waals surface area (Å²) in [6, 6.07) is 13.5. The van der Waals surface area contributed by atoms with Crippen molar-refractivity contribution in [3.05, 3.63) is 59.2 Å². The summed E-state index contributed by atoms with van der Waals surface area (Å²) in [6.45, 7) is 4.55. The summed E-state index contributed by atoms with van der Waals surface area (Å²) in [4.78, 5) is 6.61. The fourth-order valence-corrected chi connectivity index (χ4v) is 8.36. The van der Waals surface area contributed by atoms with Crippen LogP contribution in [0, 0.1) is 5.92 Å². The summed E-state index contributed by atoms with van der Waals surface area (Å²) in [5, 5.41) is 0. The van der Waals surface area contributed by atoms with Crippen LogP contribution in [-0.2, 0) is 12.6 Å². The Hall–Kier alpha value is -1.59. The average Bonchev–Trinajstić information content (AvgIpc) is 3.31. The Balaban J connectivity index is 1.48. The van der Waals surface area contributed by atoms with E-state index >= 15 is 0 Å². The van der Waals surface area contributed by atoms with Gasteiger partial charge in [-0.15, -0.1) is 10.5 Å². The maximum atomic E-state index is 13.3. The number of nitrogens with zero attached hydrogens (tertiary/aromatic N) is 1. The predicted molar refractivity (Wildman–Crippen MR) is 122 cm³/mol. The molecule has 166 valence electrons. The van der Waals surface area contributed by atoms with E-state index in [2.05, 4.69) is 30.0 Å². The van der Waals surface area contributed by atoms with Gasteiger partial charge in [0.05, 0.1) is 5.56 Å². The Kier molecular flexibility index (Phi) is 5.76. The average molecular weight is 446 g/mol. The van der Waals surface area contributed by atoms with Crippen LogP contribution in [0.3, 0.4) is 0 Å². The Bertz CT molecular complexity index is 994. The third-order valence-corrected chi connectivity index (χ3v) is 10.1. The normalized spacial score (nSPS) is 23.5. The van der Waals surface area contributed by atoms with Crippen molar-refractivity contribution in [3.63, 3.8) is 0 Å². The summed E-state index contributed by atoms with van der Waals surface area (Å²) in [7, 11) is -0.223. The van der Waals surface area contributed by atoms with Gasteiger partial charge in [0.2, 0.25) is 0 Å². The first-order valence-corrected chi connectivity index (χ1v) is 12.8. The molecular weight excluding hydrogens is 415 g/mol. The standard InChI is InChI=1S/C26H30F3NS/c1-18(19-6-2-3-7-19)30-14-12-23(13-15-30)31-24-9-5-4-8-20(24)16-21-17-22(26(27,28)29)10-11-25(21)31/h4-5,8-11,17-19H,2-3,6-7,12-16H2,1H3. The zero-order valence-electron chi connectivity index (χ0n) is 18.0. The van der Waals surface area contributed by atoms with Gasteiger partial charge in [-0.25, -0.2) is 0 Å². The van der Waals surface area contributed by atoms with Crippen LogP contribution in [-0.4, -0.2) is 28.9 Å². The summed E-state index contributed by atoms with van der Waals surface area (Å²) in [5.74, 6) is 0.834. The van der Waals surface area contributed by atoms with Gasteiger partial charge in [-0.1, -0.05) is 31.0 Å². The molecule has 2 atom stereocenters. The van der Waals surface area contributed by atoms with Gasteiger partial charge in [0.25, 0.3) is 0 Å². The van der Waals surface area contributed by atoms with Gasteiger partial charge in [0.1, 0.15) is 0 Å². The zero-order valence-corrected chi connectivity index (χ0v) is 18.9. The zero-order chi connectivity index (χ0) is 21.6. The molecule has 0 radical (unpaired) electrons. The van der Waals surface area contributed by atoms with E-state index < -0.39 is 11.7 Å². The Labute approximate surface area is 185 Å². The first kappa shape index (κ1) is 21.3. The molecule has 1 nitrogen and oxygen atoms in total. The third kappa shape index (κ3) is 4.11. The second kappa shape index (κ2) is 8.40. The molecule has 2 aromatic rings. The smallest absolute Gasteiger partial charge is 0.300 e. The second-order valence-corrected chi connectivity index (χ2v) is 11.3. The number of fused-ring (bicyclic) bond motifs is 2. The lowest BCUT2D eigenvalue weighted by Gasteiger charge is -2.38. The minimum Gasteiger partial charge on any atom is -0.300 e. The lowest BCUT2D eigenvalue weighted by Crippen LogP contribution is -2.43. The molecule has 0 spiro atoms. The molecule has 0 N–H and O–H groups in total. The molecule has 2 heterocycles. The lowest BCUT2D eigenvalue weighted by atomic mass is 9.96. The van der Waals surface area contributed by atoms with Crippen LogP contribution in [0.2, 0.25) is 0 Å². The first-order valence-electron chi connectivity index (χ1n) is 11.5. The maximum absolute atomic E-state index is 13.3. The van der Waals surface area contributed by atoms with Crippen molar-refractivity contribution in [2.75, 3.05) is 13.1 Å². The monoisotopic (exact) mass is 445 g/mol. The van der Waals surface area contributed by atoms with E-state index in [0.717, 1.165) is 42.3 Å². The van der Waals surface area contributed by atoms with Crippen LogP contribution in [0.1, 0.15) is 62.1 Å². The number of rotatable bonds is 2. The highest BCUT2D eigenvalue weighted by atomic mass is 32.2. The third-order valence-electron chi connectivity index (χ3n) is 7.48. The molecule has 0 amide bonds. The van der Waals surface area contributed by atoms with E-state index in [9.17, 15) is 13.2 Å². The van der Waals surface area contributed by atoms with Crippen molar-refractivity contribution in [1.29, 1.82) is 0 Å². The molecule has 5 rings (SSSR count). The molecule has 2 unspecified atom stereocenters. The van der Waals surface area contributed by atoms with Crippen molar-refractivity contribution in [2.24, 2.45) is 5.92 Å². The molecule has 2 aromatic carbocycles. The van der Waals surface area contributed by atoms with Crippen LogP contribution in [0.15, 0.2) is 52.3 Å². The number of benzene rings is 2. The highest BCUT2D eigenvalue weighted by Gasteiger charge is 2.33. The van der Waals surface area contributed by atoms with Crippen LogP contribution in [0.4, 0.5) is 13.2 Å².